The van der Waals surface area contributed by atoms with Gasteiger partial charge in [-0.15, -0.1) is 0 Å². The number of hydrogen-bond donors (Lipinski definition) is 3. The molecule has 6 rings (SSSR count). The fourth-order valence-electron chi connectivity index (χ4n) is 5.47. The molecule has 1 aromatic carbocycles. The molecule has 9 nitrogen and oxygen atoms in total. The van der Waals surface area contributed by atoms with E-state index in [1.54, 1.807) is 29.4 Å². The Morgan fingerprint density at radius 3 is 2.78 bits per heavy atom. The summed E-state index contributed by atoms with van der Waals surface area (Å²) in [6.45, 7) is 0. The number of nitrogens with one attached hydrogen (secondary N) is 2. The SMILES string of the molecule is O=C(NC(Cc1c[nH]c2ccccc12)C(=O)O)c1cnn2c(C3CCCCC3)c(-c3ccoc3)cnc12. The molecule has 0 aliphatic heterocycles. The number of carbonyl (C=O) groups excluding carboxylic acids is 1. The van der Waals surface area contributed by atoms with Crippen molar-refractivity contribution in [2.24, 2.45) is 0 Å². The van der Waals surface area contributed by atoms with Crippen LogP contribution in [-0.2, 0) is 11.2 Å². The first kappa shape index (κ1) is 23.0. The lowest BCUT2D eigenvalue weighted by Crippen LogP contribution is -2.42. The van der Waals surface area contributed by atoms with E-state index in [2.05, 4.69) is 20.4 Å². The number of rotatable bonds is 7. The molecule has 3 N–H and O–H groups in total. The fourth-order valence-corrected chi connectivity index (χ4v) is 5.47. The minimum atomic E-state index is -1.11. The molecule has 0 spiro atoms. The summed E-state index contributed by atoms with van der Waals surface area (Å²) in [5.74, 6) is -1.33. The highest BCUT2D eigenvalue weighted by molar-refractivity contribution is 6.01. The Balaban J connectivity index is 1.33. The summed E-state index contributed by atoms with van der Waals surface area (Å²) < 4.78 is 7.08. The van der Waals surface area contributed by atoms with Crippen LogP contribution in [-0.4, -0.2) is 42.6 Å². The van der Waals surface area contributed by atoms with Crippen LogP contribution in [0.4, 0.5) is 0 Å². The molecule has 5 aromatic rings. The molecule has 1 aliphatic carbocycles. The van der Waals surface area contributed by atoms with Crippen molar-refractivity contribution in [1.29, 1.82) is 0 Å². The summed E-state index contributed by atoms with van der Waals surface area (Å²) in [7, 11) is 0. The number of amides is 1. The van der Waals surface area contributed by atoms with Gasteiger partial charge in [0.05, 0.1) is 24.4 Å². The molecule has 0 saturated heterocycles. The van der Waals surface area contributed by atoms with Gasteiger partial charge in [0.2, 0.25) is 0 Å². The maximum absolute atomic E-state index is 13.3. The lowest BCUT2D eigenvalue weighted by molar-refractivity contribution is -0.139. The molecule has 1 aliphatic rings. The van der Waals surface area contributed by atoms with Crippen LogP contribution in [0, 0.1) is 0 Å². The molecule has 37 heavy (non-hydrogen) atoms. The van der Waals surface area contributed by atoms with Crippen LogP contribution in [0.25, 0.3) is 27.7 Å². The van der Waals surface area contributed by atoms with Crippen molar-refractivity contribution in [1.82, 2.24) is 24.9 Å². The van der Waals surface area contributed by atoms with E-state index in [0.29, 0.717) is 5.65 Å². The van der Waals surface area contributed by atoms with E-state index < -0.39 is 17.9 Å². The Labute approximate surface area is 212 Å². The molecule has 4 heterocycles. The van der Waals surface area contributed by atoms with Gasteiger partial charge in [-0.05, 0) is 30.5 Å². The largest absolute Gasteiger partial charge is 0.480 e. The topological polar surface area (TPSA) is 126 Å². The number of aromatic nitrogens is 4. The van der Waals surface area contributed by atoms with Gasteiger partial charge in [0.25, 0.3) is 5.91 Å². The summed E-state index contributed by atoms with van der Waals surface area (Å²) in [5.41, 5.74) is 5.28. The van der Waals surface area contributed by atoms with E-state index in [9.17, 15) is 14.7 Å². The molecule has 9 heteroatoms. The van der Waals surface area contributed by atoms with Gasteiger partial charge in [-0.25, -0.2) is 14.3 Å². The first-order chi connectivity index (χ1) is 18.1. The van der Waals surface area contributed by atoms with Crippen molar-refractivity contribution in [2.75, 3.05) is 0 Å². The number of furan rings is 1. The van der Waals surface area contributed by atoms with E-state index in [4.69, 9.17) is 4.42 Å². The number of carbonyl (C=O) groups is 2. The van der Waals surface area contributed by atoms with Gasteiger partial charge in [-0.1, -0.05) is 37.5 Å². The summed E-state index contributed by atoms with van der Waals surface area (Å²) in [5, 5.41) is 18.1. The quantitative estimate of drug-likeness (QED) is 0.292. The molecule has 1 unspecified atom stereocenters. The number of para-hydroxylation sites is 1. The molecular formula is C28H27N5O4. The van der Waals surface area contributed by atoms with Crippen LogP contribution in [0.15, 0.2) is 65.9 Å². The predicted molar refractivity (Wildman–Crippen MR) is 137 cm³/mol. The number of nitrogens with zero attached hydrogens (tertiary/aromatic N) is 3. The van der Waals surface area contributed by atoms with Crippen LogP contribution in [0.2, 0.25) is 0 Å². The van der Waals surface area contributed by atoms with Crippen molar-refractivity contribution in [3.05, 3.63) is 78.3 Å². The van der Waals surface area contributed by atoms with Crippen molar-refractivity contribution >= 4 is 28.4 Å². The molecule has 0 bridgehead atoms. The Kier molecular flexibility index (Phi) is 5.96. The number of aliphatic carboxylic acids is 1. The maximum Gasteiger partial charge on any atom is 0.326 e. The molecule has 188 valence electrons. The van der Waals surface area contributed by atoms with Crippen LogP contribution < -0.4 is 5.32 Å². The minimum Gasteiger partial charge on any atom is -0.480 e. The standard InChI is InChI=1S/C28H27N5O4/c34-27(32-24(28(35)36)12-19-13-29-23-9-5-4-8-20(19)23)22-15-31-33-25(17-6-2-1-3-7-17)21(14-30-26(22)33)18-10-11-37-16-18/h4-5,8-11,13-17,24,29H,1-3,6-7,12H2,(H,32,34)(H,35,36). The van der Waals surface area contributed by atoms with Crippen molar-refractivity contribution in [3.8, 4) is 11.1 Å². The third-order valence-corrected chi connectivity index (χ3v) is 7.33. The maximum atomic E-state index is 13.3. The Hall–Kier alpha value is -4.40. The summed E-state index contributed by atoms with van der Waals surface area (Å²) >= 11 is 0. The van der Waals surface area contributed by atoms with Crippen LogP contribution in [0.3, 0.4) is 0 Å². The summed E-state index contributed by atoms with van der Waals surface area (Å²) in [6.07, 6.45) is 14.1. The average Bonchev–Trinajstić information content (AvgIpc) is 3.68. The number of aromatic amines is 1. The van der Waals surface area contributed by atoms with Crippen molar-refractivity contribution in [2.45, 2.75) is 50.5 Å². The zero-order valence-corrected chi connectivity index (χ0v) is 20.2. The molecule has 1 fully saturated rings. The second-order valence-electron chi connectivity index (χ2n) is 9.63. The second kappa shape index (κ2) is 9.57. The van der Waals surface area contributed by atoms with E-state index in [1.165, 1.54) is 12.6 Å². The molecule has 1 amide bonds. The summed E-state index contributed by atoms with van der Waals surface area (Å²) in [6, 6.07) is 8.47. The highest BCUT2D eigenvalue weighted by atomic mass is 16.4. The van der Waals surface area contributed by atoms with Crippen LogP contribution in [0.1, 0.15) is 59.6 Å². The number of benzene rings is 1. The van der Waals surface area contributed by atoms with Crippen molar-refractivity contribution in [3.63, 3.8) is 0 Å². The van der Waals surface area contributed by atoms with Crippen LogP contribution >= 0.6 is 0 Å². The summed E-state index contributed by atoms with van der Waals surface area (Å²) in [4.78, 5) is 33.2. The van der Waals surface area contributed by atoms with E-state index in [1.807, 2.05) is 30.3 Å². The van der Waals surface area contributed by atoms with E-state index in [0.717, 1.165) is 59.0 Å². The van der Waals surface area contributed by atoms with Gasteiger partial charge in [0.1, 0.15) is 11.6 Å². The van der Waals surface area contributed by atoms with Gasteiger partial charge in [-0.2, -0.15) is 5.10 Å². The molecule has 0 radical (unpaired) electrons. The second-order valence-corrected chi connectivity index (χ2v) is 9.63. The number of fused-ring (bicyclic) bond motifs is 2. The van der Waals surface area contributed by atoms with Gasteiger partial charge in [-0.3, -0.25) is 4.79 Å². The number of carboxylic acids is 1. The third-order valence-electron chi connectivity index (χ3n) is 7.33. The first-order valence-corrected chi connectivity index (χ1v) is 12.6. The number of hydrogen-bond acceptors (Lipinski definition) is 5. The Morgan fingerprint density at radius 1 is 1.16 bits per heavy atom. The Bertz CT molecular complexity index is 1580. The third kappa shape index (κ3) is 4.26. The smallest absolute Gasteiger partial charge is 0.326 e. The molecule has 4 aromatic heterocycles. The van der Waals surface area contributed by atoms with Crippen molar-refractivity contribution < 1.29 is 19.1 Å². The highest BCUT2D eigenvalue weighted by Crippen LogP contribution is 2.38. The van der Waals surface area contributed by atoms with Gasteiger partial charge < -0.3 is 19.8 Å². The van der Waals surface area contributed by atoms with Crippen LogP contribution in [0.5, 0.6) is 0 Å². The van der Waals surface area contributed by atoms with E-state index >= 15 is 0 Å². The van der Waals surface area contributed by atoms with Gasteiger partial charge in [0.15, 0.2) is 5.65 Å². The number of carboxylic acid groups (broad SMARTS) is 1. The lowest BCUT2D eigenvalue weighted by atomic mass is 9.84. The molecule has 1 saturated carbocycles. The number of H-pyrrole nitrogens is 1. The normalized spacial score (nSPS) is 15.2. The molecule has 1 atom stereocenters. The minimum absolute atomic E-state index is 0.149. The molecular weight excluding hydrogens is 470 g/mol. The lowest BCUT2D eigenvalue weighted by Gasteiger charge is -2.24. The zero-order chi connectivity index (χ0) is 25.4. The average molecular weight is 498 g/mol. The first-order valence-electron chi connectivity index (χ1n) is 12.6. The predicted octanol–water partition coefficient (Wildman–Crippen LogP) is 4.94. The fraction of sp³-hybridized carbons (Fsp3) is 0.286. The highest BCUT2D eigenvalue weighted by Gasteiger charge is 2.28. The monoisotopic (exact) mass is 497 g/mol. The van der Waals surface area contributed by atoms with Gasteiger partial charge >= 0.3 is 5.97 Å². The van der Waals surface area contributed by atoms with Gasteiger partial charge in [0, 0.05) is 46.8 Å². The van der Waals surface area contributed by atoms with E-state index in [-0.39, 0.29) is 17.9 Å². The zero-order valence-electron chi connectivity index (χ0n) is 20.2. The Morgan fingerprint density at radius 2 is 2.00 bits per heavy atom.